The molecule has 2 aromatic carbocycles. The van der Waals surface area contributed by atoms with Crippen LogP contribution in [0.3, 0.4) is 0 Å². The third-order valence-electron chi connectivity index (χ3n) is 3.78. The molecule has 0 unspecified atom stereocenters. The van der Waals surface area contributed by atoms with Gasteiger partial charge in [0, 0.05) is 21.7 Å². The SMILES string of the molecule is C=CC=C(C=C(C)Cl)c1cc(-c2ccccc2)nc(-c2ccccc2)n1. The van der Waals surface area contributed by atoms with Gasteiger partial charge in [-0.15, -0.1) is 0 Å². The molecule has 0 aliphatic rings. The van der Waals surface area contributed by atoms with Gasteiger partial charge in [-0.3, -0.25) is 0 Å². The molecule has 128 valence electrons. The summed E-state index contributed by atoms with van der Waals surface area (Å²) in [5.74, 6) is 0.678. The van der Waals surface area contributed by atoms with Crippen LogP contribution in [0.15, 0.2) is 96.6 Å². The van der Waals surface area contributed by atoms with Crippen LogP contribution in [-0.2, 0) is 0 Å². The van der Waals surface area contributed by atoms with Crippen molar-refractivity contribution in [3.8, 4) is 22.6 Å². The Labute approximate surface area is 159 Å². The first-order valence-corrected chi connectivity index (χ1v) is 8.72. The van der Waals surface area contributed by atoms with E-state index in [1.54, 1.807) is 6.08 Å². The van der Waals surface area contributed by atoms with Crippen LogP contribution in [-0.4, -0.2) is 9.97 Å². The van der Waals surface area contributed by atoms with Gasteiger partial charge in [0.15, 0.2) is 5.82 Å². The first kappa shape index (κ1) is 17.8. The summed E-state index contributed by atoms with van der Waals surface area (Å²) >= 11 is 6.11. The smallest absolute Gasteiger partial charge is 0.160 e. The summed E-state index contributed by atoms with van der Waals surface area (Å²) in [6, 6.07) is 22.0. The van der Waals surface area contributed by atoms with Crippen LogP contribution >= 0.6 is 11.6 Å². The van der Waals surface area contributed by atoms with Gasteiger partial charge >= 0.3 is 0 Å². The predicted molar refractivity (Wildman–Crippen MR) is 111 cm³/mol. The molecule has 0 bridgehead atoms. The lowest BCUT2D eigenvalue weighted by Gasteiger charge is -2.10. The first-order valence-electron chi connectivity index (χ1n) is 8.34. The quantitative estimate of drug-likeness (QED) is 0.485. The molecule has 0 fully saturated rings. The molecule has 0 spiro atoms. The molecule has 0 saturated heterocycles. The zero-order chi connectivity index (χ0) is 18.4. The molecule has 0 aliphatic carbocycles. The third kappa shape index (κ3) is 4.35. The van der Waals surface area contributed by atoms with Crippen molar-refractivity contribution in [2.24, 2.45) is 0 Å². The molecule has 0 radical (unpaired) electrons. The summed E-state index contributed by atoms with van der Waals surface area (Å²) in [7, 11) is 0. The fraction of sp³-hybridized carbons (Fsp3) is 0.0435. The van der Waals surface area contributed by atoms with Crippen LogP contribution < -0.4 is 0 Å². The summed E-state index contributed by atoms with van der Waals surface area (Å²) in [6.45, 7) is 5.65. The minimum absolute atomic E-state index is 0.678. The van der Waals surface area contributed by atoms with Crippen LogP contribution in [0.2, 0.25) is 0 Å². The molecule has 0 atom stereocenters. The zero-order valence-corrected chi connectivity index (χ0v) is 15.3. The highest BCUT2D eigenvalue weighted by atomic mass is 35.5. The average molecular weight is 359 g/mol. The molecule has 2 nitrogen and oxygen atoms in total. The van der Waals surface area contributed by atoms with Crippen LogP contribution in [0.25, 0.3) is 28.2 Å². The zero-order valence-electron chi connectivity index (χ0n) is 14.6. The maximum atomic E-state index is 6.11. The monoisotopic (exact) mass is 358 g/mol. The number of halogens is 1. The Bertz CT molecular complexity index is 896. The van der Waals surface area contributed by atoms with E-state index in [2.05, 4.69) is 6.58 Å². The van der Waals surface area contributed by atoms with E-state index in [4.69, 9.17) is 21.6 Å². The maximum Gasteiger partial charge on any atom is 0.160 e. The van der Waals surface area contributed by atoms with E-state index >= 15 is 0 Å². The van der Waals surface area contributed by atoms with E-state index in [0.29, 0.717) is 10.9 Å². The van der Waals surface area contributed by atoms with Crippen molar-refractivity contribution < 1.29 is 0 Å². The Morgan fingerprint density at radius 2 is 1.54 bits per heavy atom. The molecule has 0 N–H and O–H groups in total. The van der Waals surface area contributed by atoms with Gasteiger partial charge in [0.05, 0.1) is 11.4 Å². The van der Waals surface area contributed by atoms with E-state index in [-0.39, 0.29) is 0 Å². The van der Waals surface area contributed by atoms with Gasteiger partial charge in [-0.05, 0) is 19.1 Å². The Kier molecular flexibility index (Phi) is 5.77. The molecule has 3 aromatic rings. The van der Waals surface area contributed by atoms with Crippen LogP contribution in [0.1, 0.15) is 12.6 Å². The summed E-state index contributed by atoms with van der Waals surface area (Å²) in [5, 5.41) is 0.680. The van der Waals surface area contributed by atoms with Crippen molar-refractivity contribution in [1.29, 1.82) is 0 Å². The first-order chi connectivity index (χ1) is 12.7. The van der Waals surface area contributed by atoms with Crippen molar-refractivity contribution in [1.82, 2.24) is 9.97 Å². The molecule has 3 rings (SSSR count). The second kappa shape index (κ2) is 8.41. The van der Waals surface area contributed by atoms with E-state index in [9.17, 15) is 0 Å². The van der Waals surface area contributed by atoms with Gasteiger partial charge in [0.25, 0.3) is 0 Å². The Morgan fingerprint density at radius 3 is 2.12 bits per heavy atom. The fourth-order valence-corrected chi connectivity index (χ4v) is 2.73. The summed E-state index contributed by atoms with van der Waals surface area (Å²) in [4.78, 5) is 9.55. The lowest BCUT2D eigenvalue weighted by Crippen LogP contribution is -1.97. The Morgan fingerprint density at radius 1 is 0.923 bits per heavy atom. The van der Waals surface area contributed by atoms with Crippen LogP contribution in [0.4, 0.5) is 0 Å². The molecular formula is C23H19ClN2. The number of rotatable bonds is 5. The van der Waals surface area contributed by atoms with Gasteiger partial charge in [-0.2, -0.15) is 0 Å². The van der Waals surface area contributed by atoms with Crippen molar-refractivity contribution in [3.05, 3.63) is 102 Å². The molecule has 1 heterocycles. The van der Waals surface area contributed by atoms with Crippen molar-refractivity contribution in [2.45, 2.75) is 6.92 Å². The van der Waals surface area contributed by atoms with E-state index in [0.717, 1.165) is 28.1 Å². The lowest BCUT2D eigenvalue weighted by molar-refractivity contribution is 1.16. The predicted octanol–water partition coefficient (Wildman–Crippen LogP) is 6.52. The normalized spacial score (nSPS) is 12.1. The number of benzene rings is 2. The van der Waals surface area contributed by atoms with Gasteiger partial charge in [0.1, 0.15) is 0 Å². The van der Waals surface area contributed by atoms with Crippen molar-refractivity contribution in [3.63, 3.8) is 0 Å². The second-order valence-corrected chi connectivity index (χ2v) is 6.38. The molecule has 0 saturated carbocycles. The molecule has 3 heteroatoms. The number of allylic oxidation sites excluding steroid dienone is 5. The molecule has 0 amide bonds. The highest BCUT2D eigenvalue weighted by Crippen LogP contribution is 2.26. The van der Waals surface area contributed by atoms with E-state index in [1.165, 1.54) is 0 Å². The van der Waals surface area contributed by atoms with Gasteiger partial charge in [-0.25, -0.2) is 9.97 Å². The molecule has 1 aromatic heterocycles. The third-order valence-corrected chi connectivity index (χ3v) is 3.88. The van der Waals surface area contributed by atoms with Crippen LogP contribution in [0, 0.1) is 0 Å². The summed E-state index contributed by atoms with van der Waals surface area (Å²) in [5.41, 5.74) is 4.57. The van der Waals surface area contributed by atoms with Crippen LogP contribution in [0.5, 0.6) is 0 Å². The van der Waals surface area contributed by atoms with Crippen molar-refractivity contribution in [2.75, 3.05) is 0 Å². The minimum Gasteiger partial charge on any atom is -0.228 e. The summed E-state index contributed by atoms with van der Waals surface area (Å²) < 4.78 is 0. The van der Waals surface area contributed by atoms with E-state index in [1.807, 2.05) is 85.8 Å². The van der Waals surface area contributed by atoms with Gasteiger partial charge in [-0.1, -0.05) is 91.0 Å². The number of aromatic nitrogens is 2. The minimum atomic E-state index is 0.678. The average Bonchev–Trinajstić information content (AvgIpc) is 2.68. The molecular weight excluding hydrogens is 340 g/mol. The standard InChI is InChI=1S/C23H19ClN2/c1-3-10-20(15-17(2)24)22-16-21(18-11-6-4-7-12-18)25-23(26-22)19-13-8-5-9-14-19/h3-16H,1H2,2H3. The Balaban J connectivity index is 2.22. The molecule has 0 aliphatic heterocycles. The Hall–Kier alpha value is -2.97. The molecule has 26 heavy (non-hydrogen) atoms. The summed E-state index contributed by atoms with van der Waals surface area (Å²) in [6.07, 6.45) is 5.52. The highest BCUT2D eigenvalue weighted by Gasteiger charge is 2.10. The highest BCUT2D eigenvalue weighted by molar-refractivity contribution is 6.29. The second-order valence-electron chi connectivity index (χ2n) is 5.78. The van der Waals surface area contributed by atoms with Crippen molar-refractivity contribution >= 4 is 17.2 Å². The maximum absolute atomic E-state index is 6.11. The topological polar surface area (TPSA) is 25.8 Å². The number of nitrogens with zero attached hydrogens (tertiary/aromatic N) is 2. The van der Waals surface area contributed by atoms with Gasteiger partial charge < -0.3 is 0 Å². The van der Waals surface area contributed by atoms with E-state index < -0.39 is 0 Å². The fourth-order valence-electron chi connectivity index (χ4n) is 2.62. The lowest BCUT2D eigenvalue weighted by atomic mass is 10.1. The van der Waals surface area contributed by atoms with Gasteiger partial charge in [0.2, 0.25) is 0 Å². The largest absolute Gasteiger partial charge is 0.228 e. The number of hydrogen-bond acceptors (Lipinski definition) is 2. The number of hydrogen-bond donors (Lipinski definition) is 0.